The van der Waals surface area contributed by atoms with Gasteiger partial charge in [-0.05, 0) is 12.5 Å². The molecule has 19 heavy (non-hydrogen) atoms. The maximum atomic E-state index is 5.81. The summed E-state index contributed by atoms with van der Waals surface area (Å²) >= 11 is 0. The Morgan fingerprint density at radius 1 is 1.42 bits per heavy atom. The number of nitrogen functional groups attached to an aromatic ring is 1. The van der Waals surface area contributed by atoms with Crippen molar-refractivity contribution in [3.63, 3.8) is 0 Å². The van der Waals surface area contributed by atoms with E-state index in [4.69, 9.17) is 5.73 Å². The van der Waals surface area contributed by atoms with Gasteiger partial charge in [-0.2, -0.15) is 9.61 Å². The largest absolute Gasteiger partial charge is 0.394 e. The van der Waals surface area contributed by atoms with E-state index in [0.717, 1.165) is 18.1 Å². The summed E-state index contributed by atoms with van der Waals surface area (Å²) in [6, 6.07) is 1.96. The highest BCUT2D eigenvalue weighted by Gasteiger charge is 2.14. The lowest BCUT2D eigenvalue weighted by Gasteiger charge is -2.16. The number of rotatable bonds is 4. The fourth-order valence-corrected chi connectivity index (χ4v) is 2.03. The highest BCUT2D eigenvalue weighted by Crippen LogP contribution is 2.21. The minimum atomic E-state index is 0.0889. The lowest BCUT2D eigenvalue weighted by atomic mass is 10.2. The molecule has 0 radical (unpaired) electrons. The SMILES string of the molecule is CCC(Nc1ccnc2c(N)cnn12)c1ncc[nH]1. The van der Waals surface area contributed by atoms with Crippen molar-refractivity contribution in [1.82, 2.24) is 24.6 Å². The Labute approximate surface area is 109 Å². The van der Waals surface area contributed by atoms with Gasteiger partial charge in [0.1, 0.15) is 11.6 Å². The quantitative estimate of drug-likeness (QED) is 0.659. The number of aromatic nitrogens is 5. The molecule has 3 heterocycles. The molecule has 1 unspecified atom stereocenters. The predicted octanol–water partition coefficient (Wildman–Crippen LogP) is 1.60. The van der Waals surface area contributed by atoms with E-state index in [1.807, 2.05) is 12.3 Å². The van der Waals surface area contributed by atoms with Crippen LogP contribution in [0.2, 0.25) is 0 Å². The summed E-state index contributed by atoms with van der Waals surface area (Å²) < 4.78 is 1.70. The molecule has 0 aliphatic heterocycles. The standard InChI is InChI=1S/C12H15N7/c1-2-9(11-14-5-6-15-11)18-10-3-4-16-12-8(13)7-17-19(10)12/h3-7,9,18H,2,13H2,1H3,(H,14,15). The molecule has 0 spiro atoms. The Morgan fingerprint density at radius 2 is 2.32 bits per heavy atom. The number of hydrogen-bond acceptors (Lipinski definition) is 5. The van der Waals surface area contributed by atoms with Gasteiger partial charge in [0.25, 0.3) is 0 Å². The zero-order valence-corrected chi connectivity index (χ0v) is 10.5. The minimum absolute atomic E-state index is 0.0889. The maximum Gasteiger partial charge on any atom is 0.180 e. The third-order valence-corrected chi connectivity index (χ3v) is 3.01. The van der Waals surface area contributed by atoms with Gasteiger partial charge >= 0.3 is 0 Å². The van der Waals surface area contributed by atoms with Crippen LogP contribution in [0.4, 0.5) is 11.5 Å². The molecule has 4 N–H and O–H groups in total. The lowest BCUT2D eigenvalue weighted by Crippen LogP contribution is -2.14. The summed E-state index contributed by atoms with van der Waals surface area (Å²) in [5, 5.41) is 7.62. The molecule has 7 nitrogen and oxygen atoms in total. The molecular weight excluding hydrogens is 242 g/mol. The van der Waals surface area contributed by atoms with Gasteiger partial charge in [-0.3, -0.25) is 0 Å². The van der Waals surface area contributed by atoms with E-state index < -0.39 is 0 Å². The highest BCUT2D eigenvalue weighted by molar-refractivity contribution is 5.65. The first-order valence-corrected chi connectivity index (χ1v) is 6.13. The molecule has 3 aromatic heterocycles. The molecule has 0 saturated heterocycles. The van der Waals surface area contributed by atoms with E-state index in [-0.39, 0.29) is 6.04 Å². The van der Waals surface area contributed by atoms with Crippen LogP contribution in [0.1, 0.15) is 25.2 Å². The van der Waals surface area contributed by atoms with Crippen LogP contribution in [0.15, 0.2) is 30.9 Å². The Balaban J connectivity index is 1.96. The van der Waals surface area contributed by atoms with Crippen molar-refractivity contribution >= 4 is 17.2 Å². The van der Waals surface area contributed by atoms with Gasteiger partial charge in [0.15, 0.2) is 5.65 Å². The second kappa shape index (κ2) is 4.60. The average molecular weight is 257 g/mol. The molecule has 0 aromatic carbocycles. The number of nitrogens with two attached hydrogens (primary N) is 1. The van der Waals surface area contributed by atoms with Crippen molar-refractivity contribution in [3.05, 3.63) is 36.7 Å². The topological polar surface area (TPSA) is 96.9 Å². The Kier molecular flexibility index (Phi) is 2.79. The van der Waals surface area contributed by atoms with Crippen molar-refractivity contribution < 1.29 is 0 Å². The van der Waals surface area contributed by atoms with Gasteiger partial charge in [0, 0.05) is 18.6 Å². The molecule has 0 aliphatic carbocycles. The molecule has 0 saturated carbocycles. The van der Waals surface area contributed by atoms with Crippen LogP contribution < -0.4 is 11.1 Å². The normalized spacial score (nSPS) is 12.7. The van der Waals surface area contributed by atoms with Gasteiger partial charge < -0.3 is 16.0 Å². The highest BCUT2D eigenvalue weighted by atomic mass is 15.3. The Bertz CT molecular complexity index is 671. The number of H-pyrrole nitrogens is 1. The van der Waals surface area contributed by atoms with Gasteiger partial charge in [0.2, 0.25) is 0 Å². The van der Waals surface area contributed by atoms with Crippen LogP contribution in [0.25, 0.3) is 5.65 Å². The first-order valence-electron chi connectivity index (χ1n) is 6.13. The molecule has 0 bridgehead atoms. The predicted molar refractivity (Wildman–Crippen MR) is 72.6 cm³/mol. The Morgan fingerprint density at radius 3 is 3.05 bits per heavy atom. The monoisotopic (exact) mass is 257 g/mol. The number of nitrogens with one attached hydrogen (secondary N) is 2. The van der Waals surface area contributed by atoms with E-state index in [2.05, 4.69) is 32.3 Å². The smallest absolute Gasteiger partial charge is 0.180 e. The molecule has 7 heteroatoms. The lowest BCUT2D eigenvalue weighted by molar-refractivity contribution is 0.694. The van der Waals surface area contributed by atoms with Crippen LogP contribution in [-0.4, -0.2) is 24.6 Å². The van der Waals surface area contributed by atoms with E-state index in [0.29, 0.717) is 11.3 Å². The molecule has 0 amide bonds. The van der Waals surface area contributed by atoms with Crippen LogP contribution in [0.5, 0.6) is 0 Å². The summed E-state index contributed by atoms with van der Waals surface area (Å²) in [6.45, 7) is 2.09. The van der Waals surface area contributed by atoms with Crippen LogP contribution in [0.3, 0.4) is 0 Å². The Hall–Kier alpha value is -2.57. The number of fused-ring (bicyclic) bond motifs is 1. The second-order valence-electron chi connectivity index (χ2n) is 4.24. The van der Waals surface area contributed by atoms with E-state index in [1.54, 1.807) is 23.1 Å². The van der Waals surface area contributed by atoms with E-state index >= 15 is 0 Å². The van der Waals surface area contributed by atoms with Gasteiger partial charge in [-0.1, -0.05) is 6.92 Å². The summed E-state index contributed by atoms with van der Waals surface area (Å²) in [5.41, 5.74) is 7.03. The fraction of sp³-hybridized carbons (Fsp3) is 0.250. The van der Waals surface area contributed by atoms with Crippen molar-refractivity contribution in [2.75, 3.05) is 11.1 Å². The summed E-state index contributed by atoms with van der Waals surface area (Å²) in [5.74, 6) is 1.73. The number of aromatic amines is 1. The number of nitrogens with zero attached hydrogens (tertiary/aromatic N) is 4. The average Bonchev–Trinajstić information content (AvgIpc) is 3.07. The summed E-state index contributed by atoms with van der Waals surface area (Å²) in [7, 11) is 0. The first kappa shape index (κ1) is 11.5. The van der Waals surface area contributed by atoms with Gasteiger partial charge in [0.05, 0.1) is 17.9 Å². The van der Waals surface area contributed by atoms with E-state index in [9.17, 15) is 0 Å². The molecule has 1 atom stereocenters. The maximum absolute atomic E-state index is 5.81. The van der Waals surface area contributed by atoms with Crippen molar-refractivity contribution in [1.29, 1.82) is 0 Å². The molecule has 3 rings (SSSR count). The molecule has 0 fully saturated rings. The first-order chi connectivity index (χ1) is 9.29. The molecule has 98 valence electrons. The van der Waals surface area contributed by atoms with E-state index in [1.165, 1.54) is 0 Å². The van der Waals surface area contributed by atoms with Crippen molar-refractivity contribution in [2.45, 2.75) is 19.4 Å². The summed E-state index contributed by atoms with van der Waals surface area (Å²) in [6.07, 6.45) is 7.77. The van der Waals surface area contributed by atoms with Gasteiger partial charge in [-0.25, -0.2) is 9.97 Å². The van der Waals surface area contributed by atoms with Crippen LogP contribution in [-0.2, 0) is 0 Å². The second-order valence-corrected chi connectivity index (χ2v) is 4.24. The summed E-state index contributed by atoms with van der Waals surface area (Å²) in [4.78, 5) is 11.6. The third kappa shape index (κ3) is 1.99. The van der Waals surface area contributed by atoms with Crippen LogP contribution in [0, 0.1) is 0 Å². The zero-order chi connectivity index (χ0) is 13.2. The molecule has 3 aromatic rings. The number of anilines is 2. The fourth-order valence-electron chi connectivity index (χ4n) is 2.03. The van der Waals surface area contributed by atoms with Crippen molar-refractivity contribution in [3.8, 4) is 0 Å². The van der Waals surface area contributed by atoms with Crippen molar-refractivity contribution in [2.24, 2.45) is 0 Å². The van der Waals surface area contributed by atoms with Crippen LogP contribution >= 0.6 is 0 Å². The molecular formula is C12H15N7. The molecule has 0 aliphatic rings. The number of hydrogen-bond donors (Lipinski definition) is 3. The van der Waals surface area contributed by atoms with Gasteiger partial charge in [-0.15, -0.1) is 0 Å². The minimum Gasteiger partial charge on any atom is -0.394 e. The zero-order valence-electron chi connectivity index (χ0n) is 10.5. The third-order valence-electron chi connectivity index (χ3n) is 3.01. The number of imidazole rings is 1.